The highest BCUT2D eigenvalue weighted by Crippen LogP contribution is 2.23. The van der Waals surface area contributed by atoms with Crippen LogP contribution in [0.4, 0.5) is 0 Å². The number of fused-ring (bicyclic) bond motifs is 1. The molecule has 2 rings (SSSR count). The molecule has 0 aliphatic heterocycles. The Kier molecular flexibility index (Phi) is 1.36. The standard InChI is InChI=1S/C8H7ClN2/c1-5-2-3-7(9)8-6(5)4-10-11-8/h2-4H,1H3,(H,10,11). The third-order valence-electron chi connectivity index (χ3n) is 1.78. The highest BCUT2D eigenvalue weighted by atomic mass is 35.5. The normalized spacial score (nSPS) is 10.7. The van der Waals surface area contributed by atoms with Crippen molar-refractivity contribution in [3.63, 3.8) is 0 Å². The Morgan fingerprint density at radius 2 is 2.27 bits per heavy atom. The number of hydrogen-bond donors (Lipinski definition) is 1. The molecular formula is C8H7ClN2. The minimum atomic E-state index is 0.725. The van der Waals surface area contributed by atoms with E-state index in [1.54, 1.807) is 6.20 Å². The van der Waals surface area contributed by atoms with Crippen LogP contribution < -0.4 is 0 Å². The van der Waals surface area contributed by atoms with Gasteiger partial charge in [0, 0.05) is 5.39 Å². The van der Waals surface area contributed by atoms with E-state index in [4.69, 9.17) is 11.6 Å². The predicted octanol–water partition coefficient (Wildman–Crippen LogP) is 2.52. The average molecular weight is 167 g/mol. The highest BCUT2D eigenvalue weighted by Gasteiger charge is 2.01. The lowest BCUT2D eigenvalue weighted by Gasteiger charge is -1.95. The third-order valence-corrected chi connectivity index (χ3v) is 2.10. The van der Waals surface area contributed by atoms with Crippen LogP contribution in [0.15, 0.2) is 18.3 Å². The molecule has 56 valence electrons. The van der Waals surface area contributed by atoms with Crippen LogP contribution in [0.3, 0.4) is 0 Å². The Morgan fingerprint density at radius 1 is 1.45 bits per heavy atom. The number of nitrogens with one attached hydrogen (secondary N) is 1. The van der Waals surface area contributed by atoms with Crippen LogP contribution in [0.2, 0.25) is 5.02 Å². The minimum Gasteiger partial charge on any atom is -0.276 e. The van der Waals surface area contributed by atoms with E-state index in [0.29, 0.717) is 0 Å². The number of aromatic amines is 1. The molecule has 0 aliphatic carbocycles. The van der Waals surface area contributed by atoms with Gasteiger partial charge in [-0.05, 0) is 18.6 Å². The molecule has 2 nitrogen and oxygen atoms in total. The fourth-order valence-electron chi connectivity index (χ4n) is 1.14. The predicted molar refractivity (Wildman–Crippen MR) is 45.8 cm³/mol. The Hall–Kier alpha value is -1.02. The molecule has 0 aliphatic rings. The van der Waals surface area contributed by atoms with Gasteiger partial charge >= 0.3 is 0 Å². The van der Waals surface area contributed by atoms with Gasteiger partial charge < -0.3 is 0 Å². The van der Waals surface area contributed by atoms with Gasteiger partial charge in [0.05, 0.1) is 16.7 Å². The second kappa shape index (κ2) is 2.24. The van der Waals surface area contributed by atoms with E-state index < -0.39 is 0 Å². The second-order valence-corrected chi connectivity index (χ2v) is 2.93. The maximum absolute atomic E-state index is 5.90. The molecule has 0 amide bonds. The Labute approximate surface area is 69.2 Å². The molecule has 0 radical (unpaired) electrons. The molecule has 0 fully saturated rings. The van der Waals surface area contributed by atoms with E-state index in [9.17, 15) is 0 Å². The summed E-state index contributed by atoms with van der Waals surface area (Å²) in [5.74, 6) is 0. The first-order valence-corrected chi connectivity index (χ1v) is 3.75. The zero-order valence-corrected chi connectivity index (χ0v) is 6.81. The Morgan fingerprint density at radius 3 is 3.00 bits per heavy atom. The van der Waals surface area contributed by atoms with E-state index in [0.717, 1.165) is 15.9 Å². The van der Waals surface area contributed by atoms with E-state index in [2.05, 4.69) is 10.2 Å². The van der Waals surface area contributed by atoms with Crippen molar-refractivity contribution in [2.45, 2.75) is 6.92 Å². The van der Waals surface area contributed by atoms with Crippen molar-refractivity contribution in [3.8, 4) is 0 Å². The van der Waals surface area contributed by atoms with E-state index >= 15 is 0 Å². The molecule has 1 heterocycles. The van der Waals surface area contributed by atoms with Crippen LogP contribution in [0, 0.1) is 6.92 Å². The number of aryl methyl sites for hydroxylation is 1. The van der Waals surface area contributed by atoms with Gasteiger partial charge in [0.1, 0.15) is 0 Å². The van der Waals surface area contributed by atoms with Crippen LogP contribution in [0.1, 0.15) is 5.56 Å². The number of rotatable bonds is 0. The first kappa shape index (κ1) is 6.68. The molecule has 0 bridgehead atoms. The van der Waals surface area contributed by atoms with E-state index in [-0.39, 0.29) is 0 Å². The third kappa shape index (κ3) is 0.906. The van der Waals surface area contributed by atoms with Gasteiger partial charge in [0.25, 0.3) is 0 Å². The summed E-state index contributed by atoms with van der Waals surface area (Å²) < 4.78 is 0. The van der Waals surface area contributed by atoms with Crippen molar-refractivity contribution in [1.82, 2.24) is 10.2 Å². The Balaban J connectivity index is 2.96. The molecule has 2 aromatic rings. The van der Waals surface area contributed by atoms with Crippen LogP contribution in [-0.2, 0) is 0 Å². The lowest BCUT2D eigenvalue weighted by molar-refractivity contribution is 1.12. The number of benzene rings is 1. The smallest absolute Gasteiger partial charge is 0.0839 e. The van der Waals surface area contributed by atoms with Crippen LogP contribution in [0.5, 0.6) is 0 Å². The molecule has 0 spiro atoms. The molecule has 1 N–H and O–H groups in total. The highest BCUT2D eigenvalue weighted by molar-refractivity contribution is 6.35. The van der Waals surface area contributed by atoms with Crippen molar-refractivity contribution in [2.75, 3.05) is 0 Å². The second-order valence-electron chi connectivity index (χ2n) is 2.52. The molecule has 0 unspecified atom stereocenters. The summed E-state index contributed by atoms with van der Waals surface area (Å²) >= 11 is 5.90. The van der Waals surface area contributed by atoms with Crippen molar-refractivity contribution >= 4 is 22.5 Å². The molecule has 0 saturated carbocycles. The zero-order valence-electron chi connectivity index (χ0n) is 6.06. The maximum Gasteiger partial charge on any atom is 0.0839 e. The van der Waals surface area contributed by atoms with Gasteiger partial charge in [0.2, 0.25) is 0 Å². The number of hydrogen-bond acceptors (Lipinski definition) is 1. The summed E-state index contributed by atoms with van der Waals surface area (Å²) in [6.45, 7) is 2.04. The maximum atomic E-state index is 5.90. The van der Waals surface area contributed by atoms with Crippen molar-refractivity contribution in [3.05, 3.63) is 28.9 Å². The average Bonchev–Trinajstić information content (AvgIpc) is 2.45. The van der Waals surface area contributed by atoms with Crippen LogP contribution >= 0.6 is 11.6 Å². The minimum absolute atomic E-state index is 0.725. The monoisotopic (exact) mass is 166 g/mol. The fourth-order valence-corrected chi connectivity index (χ4v) is 1.35. The molecule has 1 aromatic carbocycles. The van der Waals surface area contributed by atoms with Gasteiger partial charge in [0.15, 0.2) is 0 Å². The fraction of sp³-hybridized carbons (Fsp3) is 0.125. The summed E-state index contributed by atoms with van der Waals surface area (Å²) in [5, 5.41) is 8.58. The molecule has 0 atom stereocenters. The molecule has 3 heteroatoms. The van der Waals surface area contributed by atoms with Crippen molar-refractivity contribution < 1.29 is 0 Å². The van der Waals surface area contributed by atoms with Crippen molar-refractivity contribution in [1.29, 1.82) is 0 Å². The van der Waals surface area contributed by atoms with Crippen LogP contribution in [0.25, 0.3) is 10.9 Å². The topological polar surface area (TPSA) is 28.7 Å². The summed E-state index contributed by atoms with van der Waals surface area (Å²) in [5.41, 5.74) is 2.12. The van der Waals surface area contributed by atoms with Gasteiger partial charge in [-0.3, -0.25) is 5.10 Å². The summed E-state index contributed by atoms with van der Waals surface area (Å²) in [6, 6.07) is 3.86. The summed E-state index contributed by atoms with van der Waals surface area (Å²) in [6.07, 6.45) is 1.79. The van der Waals surface area contributed by atoms with E-state index in [1.165, 1.54) is 5.56 Å². The molecule has 11 heavy (non-hydrogen) atoms. The van der Waals surface area contributed by atoms with Gasteiger partial charge in [-0.1, -0.05) is 17.7 Å². The molecular weight excluding hydrogens is 160 g/mol. The molecule has 0 saturated heterocycles. The number of H-pyrrole nitrogens is 1. The Bertz CT molecular complexity index is 356. The number of halogens is 1. The lowest BCUT2D eigenvalue weighted by Crippen LogP contribution is -1.74. The van der Waals surface area contributed by atoms with Gasteiger partial charge in [-0.25, -0.2) is 0 Å². The summed E-state index contributed by atoms with van der Waals surface area (Å²) in [7, 11) is 0. The first-order valence-electron chi connectivity index (χ1n) is 3.37. The lowest BCUT2D eigenvalue weighted by atomic mass is 10.1. The first-order chi connectivity index (χ1) is 5.29. The quantitative estimate of drug-likeness (QED) is 0.640. The zero-order chi connectivity index (χ0) is 7.84. The SMILES string of the molecule is Cc1ccc(Cl)c2[nH]ncc12. The van der Waals surface area contributed by atoms with E-state index in [1.807, 2.05) is 19.1 Å². The number of aromatic nitrogens is 2. The van der Waals surface area contributed by atoms with Crippen LogP contribution in [-0.4, -0.2) is 10.2 Å². The van der Waals surface area contributed by atoms with Crippen molar-refractivity contribution in [2.24, 2.45) is 0 Å². The van der Waals surface area contributed by atoms with Gasteiger partial charge in [-0.2, -0.15) is 5.10 Å². The van der Waals surface area contributed by atoms with Gasteiger partial charge in [-0.15, -0.1) is 0 Å². The number of nitrogens with zero attached hydrogens (tertiary/aromatic N) is 1. The molecule has 1 aromatic heterocycles. The summed E-state index contributed by atoms with van der Waals surface area (Å²) in [4.78, 5) is 0. The largest absolute Gasteiger partial charge is 0.276 e.